The van der Waals surface area contributed by atoms with Crippen molar-refractivity contribution in [3.05, 3.63) is 58.6 Å². The van der Waals surface area contributed by atoms with Gasteiger partial charge >= 0.3 is 0 Å². The smallest absolute Gasteiger partial charge is 0.137 e. The number of rotatable bonds is 6. The summed E-state index contributed by atoms with van der Waals surface area (Å²) in [6, 6.07) is 14.5. The fourth-order valence-corrected chi connectivity index (χ4v) is 2.07. The van der Waals surface area contributed by atoms with Gasteiger partial charge in [0.1, 0.15) is 23.4 Å². The van der Waals surface area contributed by atoms with Gasteiger partial charge < -0.3 is 9.47 Å². The van der Waals surface area contributed by atoms with Crippen molar-refractivity contribution >= 4 is 35.0 Å². The first kappa shape index (κ1) is 14.4. The molecule has 2 aromatic rings. The second kappa shape index (κ2) is 7.53. The van der Waals surface area contributed by atoms with Crippen LogP contribution >= 0.6 is 35.0 Å². The third kappa shape index (κ3) is 5.23. The van der Waals surface area contributed by atoms with Gasteiger partial charge in [-0.15, -0.1) is 0 Å². The normalized spacial score (nSPS) is 10.2. The minimum Gasteiger partial charge on any atom is -0.483 e. The molecule has 0 heterocycles. The van der Waals surface area contributed by atoms with Gasteiger partial charge in [0.15, 0.2) is 0 Å². The van der Waals surface area contributed by atoms with E-state index in [1.807, 2.05) is 24.3 Å². The summed E-state index contributed by atoms with van der Waals surface area (Å²) in [5, 5.41) is 1.40. The third-order valence-electron chi connectivity index (χ3n) is 2.25. The Kier molecular flexibility index (Phi) is 5.70. The molecule has 0 bridgehead atoms. The van der Waals surface area contributed by atoms with E-state index in [-0.39, 0.29) is 0 Å². The molecule has 2 nitrogen and oxygen atoms in total. The van der Waals surface area contributed by atoms with E-state index in [0.29, 0.717) is 21.9 Å². The molecule has 0 aromatic heterocycles. The van der Waals surface area contributed by atoms with Gasteiger partial charge in [-0.2, -0.15) is 0 Å². The van der Waals surface area contributed by atoms with Crippen molar-refractivity contribution in [1.29, 1.82) is 0 Å². The zero-order valence-electron chi connectivity index (χ0n) is 10.0. The largest absolute Gasteiger partial charge is 0.483 e. The van der Waals surface area contributed by atoms with E-state index in [1.54, 1.807) is 36.0 Å². The van der Waals surface area contributed by atoms with Gasteiger partial charge in [0, 0.05) is 10.0 Å². The highest BCUT2D eigenvalue weighted by Gasteiger charge is 1.96. The highest BCUT2D eigenvalue weighted by atomic mass is 35.5. The molecular formula is C14H12Cl2O2S. The van der Waals surface area contributed by atoms with Crippen molar-refractivity contribution in [3.63, 3.8) is 0 Å². The van der Waals surface area contributed by atoms with Gasteiger partial charge in [-0.1, -0.05) is 35.0 Å². The second-order valence-corrected chi connectivity index (χ2v) is 5.39. The lowest BCUT2D eigenvalue weighted by atomic mass is 10.3. The van der Waals surface area contributed by atoms with Crippen LogP contribution in [0.4, 0.5) is 0 Å². The minimum absolute atomic E-state index is 0.523. The predicted molar refractivity (Wildman–Crippen MR) is 81.5 cm³/mol. The molecule has 0 aliphatic carbocycles. The van der Waals surface area contributed by atoms with Gasteiger partial charge in [-0.05, 0) is 48.5 Å². The molecule has 5 heteroatoms. The summed E-state index contributed by atoms with van der Waals surface area (Å²) in [4.78, 5) is 0. The molecule has 0 unspecified atom stereocenters. The lowest BCUT2D eigenvalue weighted by Crippen LogP contribution is -1.98. The monoisotopic (exact) mass is 314 g/mol. The predicted octanol–water partition coefficient (Wildman–Crippen LogP) is 5.10. The Morgan fingerprint density at radius 2 is 1.05 bits per heavy atom. The van der Waals surface area contributed by atoms with E-state index in [4.69, 9.17) is 32.7 Å². The average molecular weight is 315 g/mol. The van der Waals surface area contributed by atoms with Crippen molar-refractivity contribution < 1.29 is 9.47 Å². The Balaban J connectivity index is 1.64. The molecule has 0 aliphatic rings. The third-order valence-corrected chi connectivity index (χ3v) is 3.32. The summed E-state index contributed by atoms with van der Waals surface area (Å²) in [5.41, 5.74) is 0. The lowest BCUT2D eigenvalue weighted by Gasteiger charge is -2.07. The fraction of sp³-hybridized carbons (Fsp3) is 0.143. The van der Waals surface area contributed by atoms with Gasteiger partial charge in [-0.25, -0.2) is 0 Å². The SMILES string of the molecule is Clc1ccc(OCSCOc2ccc(Cl)cc2)cc1. The molecule has 2 rings (SSSR count). The van der Waals surface area contributed by atoms with Crippen molar-refractivity contribution in [3.8, 4) is 11.5 Å². The number of thioether (sulfide) groups is 1. The molecule has 0 spiro atoms. The van der Waals surface area contributed by atoms with Crippen LogP contribution in [0, 0.1) is 0 Å². The topological polar surface area (TPSA) is 18.5 Å². The maximum Gasteiger partial charge on any atom is 0.137 e. The Bertz CT molecular complexity index is 452. The zero-order chi connectivity index (χ0) is 13.5. The molecular weight excluding hydrogens is 303 g/mol. The maximum absolute atomic E-state index is 5.78. The van der Waals surface area contributed by atoms with E-state index in [0.717, 1.165) is 11.5 Å². The minimum atomic E-state index is 0.523. The van der Waals surface area contributed by atoms with Crippen molar-refractivity contribution in [2.24, 2.45) is 0 Å². The first-order valence-electron chi connectivity index (χ1n) is 5.58. The number of ether oxygens (including phenoxy) is 2. The zero-order valence-corrected chi connectivity index (χ0v) is 12.3. The van der Waals surface area contributed by atoms with E-state index in [2.05, 4.69) is 0 Å². The average Bonchev–Trinajstić information content (AvgIpc) is 2.43. The quantitative estimate of drug-likeness (QED) is 0.546. The Morgan fingerprint density at radius 1 is 0.684 bits per heavy atom. The van der Waals surface area contributed by atoms with Crippen LogP contribution in [0.5, 0.6) is 11.5 Å². The molecule has 0 aliphatic heterocycles. The molecule has 2 aromatic carbocycles. The number of hydrogen-bond acceptors (Lipinski definition) is 3. The van der Waals surface area contributed by atoms with Crippen molar-refractivity contribution in [2.75, 3.05) is 11.9 Å². The first-order valence-corrected chi connectivity index (χ1v) is 7.49. The Labute approximate surface area is 126 Å². The van der Waals surface area contributed by atoms with Gasteiger partial charge in [0.05, 0.1) is 0 Å². The number of benzene rings is 2. The Morgan fingerprint density at radius 3 is 1.42 bits per heavy atom. The van der Waals surface area contributed by atoms with Crippen LogP contribution in [-0.2, 0) is 0 Å². The summed E-state index contributed by atoms with van der Waals surface area (Å²) in [6.07, 6.45) is 0. The number of halogens is 2. The van der Waals surface area contributed by atoms with Crippen LogP contribution in [0.2, 0.25) is 10.0 Å². The molecule has 0 amide bonds. The van der Waals surface area contributed by atoms with Crippen LogP contribution in [0.25, 0.3) is 0 Å². The highest BCUT2D eigenvalue weighted by molar-refractivity contribution is 7.99. The van der Waals surface area contributed by atoms with E-state index < -0.39 is 0 Å². The first-order chi connectivity index (χ1) is 9.24. The summed E-state index contributed by atoms with van der Waals surface area (Å²) >= 11 is 13.1. The molecule has 100 valence electrons. The van der Waals surface area contributed by atoms with Crippen LogP contribution in [0.15, 0.2) is 48.5 Å². The van der Waals surface area contributed by atoms with Crippen LogP contribution in [0.1, 0.15) is 0 Å². The van der Waals surface area contributed by atoms with Crippen molar-refractivity contribution in [2.45, 2.75) is 0 Å². The standard InChI is InChI=1S/C14H12Cl2O2S/c15-11-1-5-13(6-2-11)17-9-19-10-18-14-7-3-12(16)4-8-14/h1-8H,9-10H2. The molecule has 0 radical (unpaired) electrons. The molecule has 0 saturated carbocycles. The summed E-state index contributed by atoms with van der Waals surface area (Å²) in [6.45, 7) is 0. The summed E-state index contributed by atoms with van der Waals surface area (Å²) in [7, 11) is 0. The highest BCUT2D eigenvalue weighted by Crippen LogP contribution is 2.19. The molecule has 0 N–H and O–H groups in total. The van der Waals surface area contributed by atoms with E-state index in [9.17, 15) is 0 Å². The molecule has 19 heavy (non-hydrogen) atoms. The second-order valence-electron chi connectivity index (χ2n) is 3.64. The summed E-state index contributed by atoms with van der Waals surface area (Å²) in [5.74, 6) is 2.64. The molecule has 0 atom stereocenters. The van der Waals surface area contributed by atoms with Crippen LogP contribution in [0.3, 0.4) is 0 Å². The van der Waals surface area contributed by atoms with Gasteiger partial charge in [-0.3, -0.25) is 0 Å². The van der Waals surface area contributed by atoms with Crippen LogP contribution in [-0.4, -0.2) is 11.9 Å². The van der Waals surface area contributed by atoms with Gasteiger partial charge in [0.2, 0.25) is 0 Å². The van der Waals surface area contributed by atoms with E-state index >= 15 is 0 Å². The summed E-state index contributed by atoms with van der Waals surface area (Å²) < 4.78 is 11.0. The lowest BCUT2D eigenvalue weighted by molar-refractivity contribution is 0.373. The number of hydrogen-bond donors (Lipinski definition) is 0. The van der Waals surface area contributed by atoms with Crippen LogP contribution < -0.4 is 9.47 Å². The molecule has 0 fully saturated rings. The van der Waals surface area contributed by atoms with E-state index in [1.165, 1.54) is 0 Å². The maximum atomic E-state index is 5.78. The van der Waals surface area contributed by atoms with Crippen molar-refractivity contribution in [1.82, 2.24) is 0 Å². The Hall–Kier alpha value is -1.03. The molecule has 0 saturated heterocycles. The van der Waals surface area contributed by atoms with Gasteiger partial charge in [0.25, 0.3) is 0 Å². The fourth-order valence-electron chi connectivity index (χ4n) is 1.32.